The van der Waals surface area contributed by atoms with E-state index in [0.29, 0.717) is 17.8 Å². The normalized spacial score (nSPS) is 16.3. The van der Waals surface area contributed by atoms with Gasteiger partial charge in [0.2, 0.25) is 9.84 Å². The first-order valence-corrected chi connectivity index (χ1v) is 8.76. The van der Waals surface area contributed by atoms with Crippen LogP contribution in [0.25, 0.3) is 0 Å². The van der Waals surface area contributed by atoms with Gasteiger partial charge in [0.05, 0.1) is 9.90 Å². The van der Waals surface area contributed by atoms with Crippen molar-refractivity contribution in [1.82, 2.24) is 0 Å². The van der Waals surface area contributed by atoms with E-state index in [0.717, 1.165) is 23.5 Å². The van der Waals surface area contributed by atoms with Gasteiger partial charge in [-0.3, -0.25) is 4.79 Å². The zero-order valence-corrected chi connectivity index (χ0v) is 12.9. The Bertz CT molecular complexity index is 823. The number of aliphatic hydroxyl groups is 1. The zero-order chi connectivity index (χ0) is 16.0. The summed E-state index contributed by atoms with van der Waals surface area (Å²) in [6.45, 7) is 0. The van der Waals surface area contributed by atoms with Crippen LogP contribution in [0.5, 0.6) is 0 Å². The maximum atomic E-state index is 12.9. The summed E-state index contributed by atoms with van der Waals surface area (Å²) < 4.78 is 37.7. The molecule has 0 bridgehead atoms. The van der Waals surface area contributed by atoms with Crippen molar-refractivity contribution >= 4 is 32.1 Å². The number of sulfone groups is 1. The molecule has 1 saturated carbocycles. The summed E-state index contributed by atoms with van der Waals surface area (Å²) in [6, 6.07) is 7.36. The molecule has 0 saturated heterocycles. The van der Waals surface area contributed by atoms with E-state index in [1.54, 1.807) is 0 Å². The molecule has 2 aromatic rings. The number of amides is 1. The van der Waals surface area contributed by atoms with E-state index < -0.39 is 27.2 Å². The van der Waals surface area contributed by atoms with Crippen LogP contribution in [0.1, 0.15) is 12.8 Å². The van der Waals surface area contributed by atoms with Crippen LogP contribution in [0.3, 0.4) is 0 Å². The molecule has 5 nitrogen and oxygen atoms in total. The second-order valence-electron chi connectivity index (χ2n) is 5.06. The number of hydrogen-bond acceptors (Lipinski definition) is 5. The average molecular weight is 341 g/mol. The molecule has 0 atom stereocenters. The van der Waals surface area contributed by atoms with Crippen molar-refractivity contribution < 1.29 is 22.7 Å². The minimum atomic E-state index is -3.75. The van der Waals surface area contributed by atoms with E-state index in [4.69, 9.17) is 0 Å². The fraction of sp³-hybridized carbons (Fsp3) is 0.214. The maximum Gasteiger partial charge on any atom is 0.256 e. The van der Waals surface area contributed by atoms with E-state index in [2.05, 4.69) is 5.32 Å². The molecule has 1 aliphatic carbocycles. The van der Waals surface area contributed by atoms with Gasteiger partial charge in [-0.1, -0.05) is 0 Å². The van der Waals surface area contributed by atoms with Gasteiger partial charge in [0, 0.05) is 0 Å². The molecule has 1 aromatic carbocycles. The molecule has 0 spiro atoms. The molecule has 0 radical (unpaired) electrons. The number of thiophene rings is 1. The van der Waals surface area contributed by atoms with Crippen molar-refractivity contribution in [3.05, 3.63) is 42.2 Å². The summed E-state index contributed by atoms with van der Waals surface area (Å²) in [5.41, 5.74) is -1.32. The van der Waals surface area contributed by atoms with Gasteiger partial charge in [-0.2, -0.15) is 0 Å². The number of nitrogens with one attached hydrogen (secondary N) is 1. The first kappa shape index (κ1) is 15.1. The highest BCUT2D eigenvalue weighted by atomic mass is 32.2. The fourth-order valence-corrected chi connectivity index (χ4v) is 4.44. The average Bonchev–Trinajstić information content (AvgIpc) is 3.05. The molecule has 1 fully saturated rings. The predicted octanol–water partition coefficient (Wildman–Crippen LogP) is 2.18. The number of anilines is 1. The molecule has 1 aliphatic rings. The van der Waals surface area contributed by atoms with Crippen molar-refractivity contribution in [1.29, 1.82) is 0 Å². The van der Waals surface area contributed by atoms with Gasteiger partial charge >= 0.3 is 0 Å². The Hall–Kier alpha value is -1.77. The summed E-state index contributed by atoms with van der Waals surface area (Å²) in [5.74, 6) is -1.05. The van der Waals surface area contributed by atoms with Crippen LogP contribution < -0.4 is 5.32 Å². The Morgan fingerprint density at radius 2 is 1.82 bits per heavy atom. The highest BCUT2D eigenvalue weighted by Crippen LogP contribution is 2.37. The van der Waals surface area contributed by atoms with Crippen LogP contribution in [-0.4, -0.2) is 25.0 Å². The number of halogens is 1. The third-order valence-corrected chi connectivity index (χ3v) is 6.62. The molecule has 3 rings (SSSR count). The summed E-state index contributed by atoms with van der Waals surface area (Å²) >= 11 is 0.886. The number of rotatable bonds is 4. The second kappa shape index (κ2) is 5.15. The van der Waals surface area contributed by atoms with Crippen LogP contribution in [0.15, 0.2) is 45.5 Å². The summed E-state index contributed by atoms with van der Waals surface area (Å²) in [7, 11) is -3.75. The number of carbonyl (C=O) groups is 1. The standard InChI is InChI=1S/C14H12FNO4S2/c15-9-1-3-10(4-2-9)22(19,20)12-6-5-11(21-12)16-13(17)14(18)7-8-14/h1-6,18H,7-8H2,(H,16,17). The van der Waals surface area contributed by atoms with Crippen molar-refractivity contribution in [2.24, 2.45) is 0 Å². The quantitative estimate of drug-likeness (QED) is 0.835. The van der Waals surface area contributed by atoms with Crippen LogP contribution in [-0.2, 0) is 14.6 Å². The smallest absolute Gasteiger partial charge is 0.256 e. The monoisotopic (exact) mass is 341 g/mol. The lowest BCUT2D eigenvalue weighted by molar-refractivity contribution is -0.125. The first-order valence-electron chi connectivity index (χ1n) is 6.46. The molecular formula is C14H12FNO4S2. The maximum absolute atomic E-state index is 12.9. The van der Waals surface area contributed by atoms with E-state index in [1.165, 1.54) is 24.3 Å². The second-order valence-corrected chi connectivity index (χ2v) is 8.32. The summed E-state index contributed by atoms with van der Waals surface area (Å²) in [6.07, 6.45) is 0.815. The van der Waals surface area contributed by atoms with Gasteiger partial charge < -0.3 is 10.4 Å². The van der Waals surface area contributed by atoms with Gasteiger partial charge in [0.25, 0.3) is 5.91 Å². The van der Waals surface area contributed by atoms with Crippen molar-refractivity contribution in [2.75, 3.05) is 5.32 Å². The summed E-state index contributed by atoms with van der Waals surface area (Å²) in [5, 5.41) is 12.5. The van der Waals surface area contributed by atoms with E-state index in [9.17, 15) is 22.7 Å². The molecule has 0 unspecified atom stereocenters. The zero-order valence-electron chi connectivity index (χ0n) is 11.2. The molecule has 1 amide bonds. The topological polar surface area (TPSA) is 83.5 Å². The van der Waals surface area contributed by atoms with Gasteiger partial charge in [-0.05, 0) is 49.2 Å². The number of benzene rings is 1. The molecule has 2 N–H and O–H groups in total. The third-order valence-electron chi connectivity index (χ3n) is 3.35. The first-order chi connectivity index (χ1) is 10.3. The number of carbonyl (C=O) groups excluding carboxylic acids is 1. The lowest BCUT2D eigenvalue weighted by atomic mass is 10.3. The lowest BCUT2D eigenvalue weighted by Gasteiger charge is -2.06. The minimum Gasteiger partial charge on any atom is -0.380 e. The largest absolute Gasteiger partial charge is 0.380 e. The molecule has 1 heterocycles. The molecular weight excluding hydrogens is 329 g/mol. The Morgan fingerprint density at radius 1 is 1.18 bits per heavy atom. The van der Waals surface area contributed by atoms with E-state index in [-0.39, 0.29) is 9.10 Å². The molecule has 1 aromatic heterocycles. The molecule has 116 valence electrons. The Balaban J connectivity index is 1.83. The summed E-state index contributed by atoms with van der Waals surface area (Å²) in [4.78, 5) is 11.7. The SMILES string of the molecule is O=C(Nc1ccc(S(=O)(=O)c2ccc(F)cc2)s1)C1(O)CC1. The van der Waals surface area contributed by atoms with E-state index in [1.807, 2.05) is 0 Å². The fourth-order valence-electron chi connectivity index (χ4n) is 1.84. The van der Waals surface area contributed by atoms with Crippen molar-refractivity contribution in [3.8, 4) is 0 Å². The molecule has 0 aliphatic heterocycles. The third kappa shape index (κ3) is 2.77. The lowest BCUT2D eigenvalue weighted by Crippen LogP contribution is -2.28. The molecule has 22 heavy (non-hydrogen) atoms. The number of hydrogen-bond donors (Lipinski definition) is 2. The Labute approximate surface area is 130 Å². The van der Waals surface area contributed by atoms with Crippen LogP contribution in [0.4, 0.5) is 9.39 Å². The molecule has 8 heteroatoms. The van der Waals surface area contributed by atoms with Crippen molar-refractivity contribution in [2.45, 2.75) is 27.5 Å². The minimum absolute atomic E-state index is 0.0190. The van der Waals surface area contributed by atoms with Crippen LogP contribution in [0, 0.1) is 5.82 Å². The van der Waals surface area contributed by atoms with Gasteiger partial charge in [0.15, 0.2) is 0 Å². The van der Waals surface area contributed by atoms with Gasteiger partial charge in [-0.25, -0.2) is 12.8 Å². The highest BCUT2D eigenvalue weighted by molar-refractivity contribution is 7.93. The van der Waals surface area contributed by atoms with Gasteiger partial charge in [0.1, 0.15) is 15.6 Å². The Morgan fingerprint density at radius 3 is 2.41 bits per heavy atom. The van der Waals surface area contributed by atoms with E-state index >= 15 is 0 Å². The predicted molar refractivity (Wildman–Crippen MR) is 79.0 cm³/mol. The van der Waals surface area contributed by atoms with Gasteiger partial charge in [-0.15, -0.1) is 11.3 Å². The van der Waals surface area contributed by atoms with Crippen LogP contribution >= 0.6 is 11.3 Å². The van der Waals surface area contributed by atoms with Crippen LogP contribution in [0.2, 0.25) is 0 Å². The highest BCUT2D eigenvalue weighted by Gasteiger charge is 2.48. The Kier molecular flexibility index (Phi) is 3.54. The van der Waals surface area contributed by atoms with Crippen molar-refractivity contribution in [3.63, 3.8) is 0 Å².